The molecular formula is C25H21Cl2N3O4S. The minimum absolute atomic E-state index is 0.259. The Labute approximate surface area is 216 Å². The van der Waals surface area contributed by atoms with Gasteiger partial charge < -0.3 is 14.2 Å². The third-order valence-electron chi connectivity index (χ3n) is 6.03. The number of morpholine rings is 1. The quantitative estimate of drug-likeness (QED) is 0.440. The molecule has 7 nitrogen and oxygen atoms in total. The predicted octanol–water partition coefficient (Wildman–Crippen LogP) is 4.89. The second kappa shape index (κ2) is 10.1. The van der Waals surface area contributed by atoms with Crippen molar-refractivity contribution < 1.29 is 19.1 Å². The number of aromatic nitrogens is 1. The lowest BCUT2D eigenvalue weighted by Gasteiger charge is -2.28. The molecule has 35 heavy (non-hydrogen) atoms. The molecule has 0 bridgehead atoms. The molecule has 0 unspecified atom stereocenters. The average molecular weight is 530 g/mol. The molecular weight excluding hydrogens is 509 g/mol. The average Bonchev–Trinajstić information content (AvgIpc) is 3.34. The van der Waals surface area contributed by atoms with Gasteiger partial charge >= 0.3 is 0 Å². The van der Waals surface area contributed by atoms with Gasteiger partial charge in [-0.1, -0.05) is 47.5 Å². The van der Waals surface area contributed by atoms with Crippen LogP contribution < -0.4 is 0 Å². The second-order valence-corrected chi connectivity index (χ2v) is 10.00. The zero-order valence-electron chi connectivity index (χ0n) is 18.6. The Kier molecular flexibility index (Phi) is 6.88. The molecule has 2 saturated heterocycles. The topological polar surface area (TPSA) is 71.9 Å². The summed E-state index contributed by atoms with van der Waals surface area (Å²) in [6.07, 6.45) is 3.62. The monoisotopic (exact) mass is 529 g/mol. The molecule has 5 rings (SSSR count). The highest BCUT2D eigenvalue weighted by molar-refractivity contribution is 8.18. The number of carbonyl (C=O) groups excluding carboxylic acids is 3. The molecule has 2 fully saturated rings. The van der Waals surface area contributed by atoms with E-state index in [-0.39, 0.29) is 17.4 Å². The molecule has 3 aromatic rings. The summed E-state index contributed by atoms with van der Waals surface area (Å²) in [5.41, 5.74) is 2.52. The maximum absolute atomic E-state index is 13.0. The fourth-order valence-corrected chi connectivity index (χ4v) is 5.55. The Morgan fingerprint density at radius 3 is 2.49 bits per heavy atom. The molecule has 3 heterocycles. The number of rotatable bonds is 5. The highest BCUT2D eigenvalue weighted by Gasteiger charge is 2.37. The van der Waals surface area contributed by atoms with Gasteiger partial charge in [-0.15, -0.1) is 0 Å². The summed E-state index contributed by atoms with van der Waals surface area (Å²) in [4.78, 5) is 41.1. The van der Waals surface area contributed by atoms with Crippen molar-refractivity contribution in [2.24, 2.45) is 0 Å². The third kappa shape index (κ3) is 4.84. The number of hydrogen-bond donors (Lipinski definition) is 0. The minimum atomic E-state index is -0.465. The van der Waals surface area contributed by atoms with Crippen molar-refractivity contribution in [2.45, 2.75) is 6.54 Å². The van der Waals surface area contributed by atoms with Crippen LogP contribution in [0.5, 0.6) is 0 Å². The van der Waals surface area contributed by atoms with Crippen molar-refractivity contribution in [3.05, 3.63) is 74.7 Å². The van der Waals surface area contributed by atoms with Crippen molar-refractivity contribution in [2.75, 3.05) is 32.8 Å². The number of fused-ring (bicyclic) bond motifs is 1. The van der Waals surface area contributed by atoms with E-state index in [9.17, 15) is 14.4 Å². The standard InChI is InChI=1S/C25H21Cl2N3O4S/c26-19-5-3-6-20(27)18(19)14-29-13-16(17-4-1-2-7-21(17)29)12-22-24(32)30(25(33)35-22)15-23(31)28-8-10-34-11-9-28/h1-7,12-13H,8-11,14-15H2/b22-12-. The van der Waals surface area contributed by atoms with Crippen LogP contribution in [0.25, 0.3) is 17.0 Å². The number of para-hydroxylation sites is 1. The summed E-state index contributed by atoms with van der Waals surface area (Å²) >= 11 is 13.6. The lowest BCUT2D eigenvalue weighted by molar-refractivity contribution is -0.139. The van der Waals surface area contributed by atoms with Crippen LogP contribution in [0, 0.1) is 0 Å². The van der Waals surface area contributed by atoms with E-state index < -0.39 is 11.1 Å². The third-order valence-corrected chi connectivity index (χ3v) is 7.64. The molecule has 0 N–H and O–H groups in total. The van der Waals surface area contributed by atoms with E-state index in [0.29, 0.717) is 42.9 Å². The van der Waals surface area contributed by atoms with Gasteiger partial charge in [0.15, 0.2) is 0 Å². The molecule has 1 aromatic heterocycles. The van der Waals surface area contributed by atoms with E-state index >= 15 is 0 Å². The van der Waals surface area contributed by atoms with Gasteiger partial charge in [0, 0.05) is 51.4 Å². The van der Waals surface area contributed by atoms with Crippen molar-refractivity contribution in [1.82, 2.24) is 14.4 Å². The first-order valence-corrected chi connectivity index (χ1v) is 12.6. The maximum Gasteiger partial charge on any atom is 0.294 e. The van der Waals surface area contributed by atoms with Gasteiger partial charge in [0.25, 0.3) is 11.1 Å². The fraction of sp³-hybridized carbons (Fsp3) is 0.240. The molecule has 2 aliphatic rings. The van der Waals surface area contributed by atoms with E-state index in [1.807, 2.05) is 35.0 Å². The molecule has 0 atom stereocenters. The summed E-state index contributed by atoms with van der Waals surface area (Å²) < 4.78 is 7.28. The zero-order valence-corrected chi connectivity index (χ0v) is 20.9. The number of hydrogen-bond acceptors (Lipinski definition) is 5. The summed E-state index contributed by atoms with van der Waals surface area (Å²) in [7, 11) is 0. The van der Waals surface area contributed by atoms with E-state index in [2.05, 4.69) is 0 Å². The van der Waals surface area contributed by atoms with Gasteiger partial charge in [-0.25, -0.2) is 0 Å². The van der Waals surface area contributed by atoms with Gasteiger partial charge in [-0.2, -0.15) is 0 Å². The number of benzene rings is 2. The molecule has 3 amide bonds. The zero-order chi connectivity index (χ0) is 24.5. The number of thioether (sulfide) groups is 1. The van der Waals surface area contributed by atoms with E-state index in [1.165, 1.54) is 0 Å². The number of imide groups is 1. The molecule has 0 saturated carbocycles. The molecule has 0 aliphatic carbocycles. The summed E-state index contributed by atoms with van der Waals surface area (Å²) in [5, 5.41) is 1.62. The number of ether oxygens (including phenoxy) is 1. The molecule has 2 aliphatic heterocycles. The van der Waals surface area contributed by atoms with Gasteiger partial charge in [-0.3, -0.25) is 19.3 Å². The Morgan fingerprint density at radius 1 is 1.03 bits per heavy atom. The second-order valence-electron chi connectivity index (χ2n) is 8.19. The Hall–Kier alpha value is -2.78. The first-order valence-electron chi connectivity index (χ1n) is 11.0. The van der Waals surface area contributed by atoms with E-state index in [0.717, 1.165) is 38.7 Å². The number of halogens is 2. The van der Waals surface area contributed by atoms with Crippen LogP contribution in [-0.2, 0) is 20.9 Å². The van der Waals surface area contributed by atoms with Gasteiger partial charge in [0.05, 0.1) is 24.7 Å². The minimum Gasteiger partial charge on any atom is -0.378 e. The summed E-state index contributed by atoms with van der Waals surface area (Å²) in [6, 6.07) is 13.2. The largest absolute Gasteiger partial charge is 0.378 e. The van der Waals surface area contributed by atoms with Crippen molar-refractivity contribution in [3.63, 3.8) is 0 Å². The van der Waals surface area contributed by atoms with Crippen LogP contribution in [0.4, 0.5) is 4.79 Å². The molecule has 0 radical (unpaired) electrons. The van der Waals surface area contributed by atoms with E-state index in [1.54, 1.807) is 29.2 Å². The van der Waals surface area contributed by atoms with Crippen LogP contribution in [-0.4, -0.2) is 64.3 Å². The number of carbonyl (C=O) groups is 3. The van der Waals surface area contributed by atoms with Crippen molar-refractivity contribution >= 4 is 69.0 Å². The summed E-state index contributed by atoms with van der Waals surface area (Å²) in [5.74, 6) is -0.724. The van der Waals surface area contributed by atoms with Gasteiger partial charge in [-0.05, 0) is 36.0 Å². The Morgan fingerprint density at radius 2 is 1.74 bits per heavy atom. The highest BCUT2D eigenvalue weighted by atomic mass is 35.5. The SMILES string of the molecule is O=C(CN1C(=O)S/C(=C\c2cn(Cc3c(Cl)cccc3Cl)c3ccccc23)C1=O)N1CCOCC1. The first-order chi connectivity index (χ1) is 16.9. The van der Waals surface area contributed by atoms with Crippen LogP contribution >= 0.6 is 35.0 Å². The Balaban J connectivity index is 1.42. The summed E-state index contributed by atoms with van der Waals surface area (Å²) in [6.45, 7) is 2.00. The lowest BCUT2D eigenvalue weighted by Crippen LogP contribution is -2.46. The molecule has 2 aromatic carbocycles. The molecule has 0 spiro atoms. The number of amides is 3. The molecule has 180 valence electrons. The van der Waals surface area contributed by atoms with Gasteiger partial charge in [0.2, 0.25) is 5.91 Å². The van der Waals surface area contributed by atoms with Crippen molar-refractivity contribution in [1.29, 1.82) is 0 Å². The number of nitrogens with zero attached hydrogens (tertiary/aromatic N) is 3. The van der Waals surface area contributed by atoms with Crippen molar-refractivity contribution in [3.8, 4) is 0 Å². The lowest BCUT2D eigenvalue weighted by atomic mass is 10.1. The van der Waals surface area contributed by atoms with Crippen LogP contribution in [0.2, 0.25) is 10.0 Å². The fourth-order valence-electron chi connectivity index (χ4n) is 4.20. The molecule has 10 heteroatoms. The van der Waals surface area contributed by atoms with E-state index in [4.69, 9.17) is 27.9 Å². The highest BCUT2D eigenvalue weighted by Crippen LogP contribution is 2.35. The normalized spacial score (nSPS) is 17.7. The maximum atomic E-state index is 13.0. The predicted molar refractivity (Wildman–Crippen MR) is 138 cm³/mol. The first kappa shape index (κ1) is 23.9. The van der Waals surface area contributed by atoms with Crippen LogP contribution in [0.15, 0.2) is 53.6 Å². The van der Waals surface area contributed by atoms with Gasteiger partial charge in [0.1, 0.15) is 6.54 Å². The smallest absolute Gasteiger partial charge is 0.294 e. The van der Waals surface area contributed by atoms with Crippen LogP contribution in [0.3, 0.4) is 0 Å². The van der Waals surface area contributed by atoms with Crippen LogP contribution in [0.1, 0.15) is 11.1 Å². The Bertz CT molecular complexity index is 1340.